The number of thiophene rings is 1. The van der Waals surface area contributed by atoms with Crippen molar-refractivity contribution >= 4 is 17.3 Å². The summed E-state index contributed by atoms with van der Waals surface area (Å²) in [7, 11) is 0. The van der Waals surface area contributed by atoms with Crippen molar-refractivity contribution < 1.29 is 19.1 Å². The van der Waals surface area contributed by atoms with Crippen LogP contribution in [0.25, 0.3) is 33.2 Å². The van der Waals surface area contributed by atoms with Gasteiger partial charge < -0.3 is 14.3 Å². The van der Waals surface area contributed by atoms with Crippen LogP contribution in [0.15, 0.2) is 88.9 Å². The number of carboxylic acid groups (broad SMARTS) is 1. The largest absolute Gasteiger partial charge is 0.478 e. The summed E-state index contributed by atoms with van der Waals surface area (Å²) in [6, 6.07) is 21.6. The normalized spacial score (nSPS) is 10.6. The fraction of sp³-hybridized carbons (Fsp3) is 0.0370. The fourth-order valence-electron chi connectivity index (χ4n) is 3.52. The molecule has 0 aliphatic carbocycles. The third kappa shape index (κ3) is 4.67. The van der Waals surface area contributed by atoms with Gasteiger partial charge in [-0.15, -0.1) is 11.3 Å². The highest BCUT2D eigenvalue weighted by Crippen LogP contribution is 2.37. The molecule has 0 atom stereocenters. The number of nitrogens with zero attached hydrogens (tertiary/aromatic N) is 3. The summed E-state index contributed by atoms with van der Waals surface area (Å²) in [6.45, 7) is 0.119. The number of pyridine rings is 2. The number of hydrogen-bond donors (Lipinski definition) is 1. The van der Waals surface area contributed by atoms with Gasteiger partial charge >= 0.3 is 5.97 Å². The minimum atomic E-state index is -0.997. The van der Waals surface area contributed by atoms with Gasteiger partial charge in [-0.1, -0.05) is 18.2 Å². The van der Waals surface area contributed by atoms with Crippen molar-refractivity contribution in [3.05, 3.63) is 101 Å². The van der Waals surface area contributed by atoms with Crippen molar-refractivity contribution in [2.75, 3.05) is 0 Å². The molecule has 4 aromatic heterocycles. The molecule has 0 aliphatic rings. The van der Waals surface area contributed by atoms with E-state index >= 15 is 0 Å². The average Bonchev–Trinajstić information content (AvgIpc) is 3.61. The minimum Gasteiger partial charge on any atom is -0.478 e. The van der Waals surface area contributed by atoms with Crippen LogP contribution in [0.2, 0.25) is 0 Å². The summed E-state index contributed by atoms with van der Waals surface area (Å²) in [5, 5.41) is 21.1. The van der Waals surface area contributed by atoms with E-state index in [9.17, 15) is 10.1 Å². The Hall–Kier alpha value is -4.74. The minimum absolute atomic E-state index is 0.119. The van der Waals surface area contributed by atoms with Crippen LogP contribution in [0.1, 0.15) is 21.5 Å². The Bertz CT molecular complexity index is 1520. The Kier molecular flexibility index (Phi) is 6.07. The Morgan fingerprint density at radius 1 is 1.09 bits per heavy atom. The summed E-state index contributed by atoms with van der Waals surface area (Å²) in [4.78, 5) is 20.8. The number of furan rings is 1. The maximum absolute atomic E-state index is 11.1. The summed E-state index contributed by atoms with van der Waals surface area (Å²) >= 11 is 1.53. The van der Waals surface area contributed by atoms with Crippen LogP contribution in [0, 0.1) is 11.3 Å². The average molecular weight is 480 g/mol. The van der Waals surface area contributed by atoms with E-state index < -0.39 is 5.97 Å². The zero-order valence-electron chi connectivity index (χ0n) is 18.2. The molecule has 5 aromatic rings. The molecule has 8 heteroatoms. The second kappa shape index (κ2) is 9.63. The lowest BCUT2D eigenvalue weighted by Crippen LogP contribution is -2.03. The van der Waals surface area contributed by atoms with E-state index in [-0.39, 0.29) is 23.6 Å². The highest BCUT2D eigenvalue weighted by Gasteiger charge is 2.20. The van der Waals surface area contributed by atoms with E-state index in [0.717, 1.165) is 16.0 Å². The first-order chi connectivity index (χ1) is 17.1. The lowest BCUT2D eigenvalue weighted by molar-refractivity contribution is 0.0697. The Labute approximate surface area is 204 Å². The van der Waals surface area contributed by atoms with Gasteiger partial charge in [-0.2, -0.15) is 5.26 Å². The monoisotopic (exact) mass is 479 g/mol. The molecule has 7 nitrogen and oxygen atoms in total. The number of rotatable bonds is 7. The van der Waals surface area contributed by atoms with Crippen LogP contribution in [0.4, 0.5) is 0 Å². The number of carbonyl (C=O) groups is 1. The predicted octanol–water partition coefficient (Wildman–Crippen LogP) is 6.28. The fourth-order valence-corrected chi connectivity index (χ4v) is 4.21. The Balaban J connectivity index is 1.54. The third-order valence-corrected chi connectivity index (χ3v) is 6.16. The van der Waals surface area contributed by atoms with Gasteiger partial charge in [0.05, 0.1) is 16.1 Å². The van der Waals surface area contributed by atoms with Gasteiger partial charge in [0, 0.05) is 23.5 Å². The van der Waals surface area contributed by atoms with E-state index in [4.69, 9.17) is 14.3 Å². The first-order valence-corrected chi connectivity index (χ1v) is 11.4. The molecule has 1 N–H and O–H groups in total. The quantitative estimate of drug-likeness (QED) is 0.292. The molecule has 35 heavy (non-hydrogen) atoms. The van der Waals surface area contributed by atoms with Gasteiger partial charge in [0.1, 0.15) is 29.8 Å². The van der Waals surface area contributed by atoms with E-state index in [0.29, 0.717) is 22.8 Å². The lowest BCUT2D eigenvalue weighted by Gasteiger charge is -2.12. The number of ether oxygens (including phenoxy) is 1. The van der Waals surface area contributed by atoms with Crippen molar-refractivity contribution in [2.45, 2.75) is 6.61 Å². The Morgan fingerprint density at radius 2 is 1.91 bits per heavy atom. The van der Waals surface area contributed by atoms with Crippen LogP contribution in [0.5, 0.6) is 5.88 Å². The van der Waals surface area contributed by atoms with E-state index in [1.807, 2.05) is 47.8 Å². The molecule has 0 bridgehead atoms. The maximum atomic E-state index is 11.1. The van der Waals surface area contributed by atoms with Gasteiger partial charge in [0.15, 0.2) is 0 Å². The molecule has 0 fully saturated rings. The molecule has 0 unspecified atom stereocenters. The standard InChI is InChI=1S/C27H17N3O4S/c28-14-21-20(24-10-9-23(34-24)19-3-1-11-29-15-19)13-22(25-4-2-12-35-25)30-26(21)33-16-17-5-7-18(8-6-17)27(31)32/h1-13,15H,16H2,(H,31,32). The SMILES string of the molecule is N#Cc1c(-c2ccc(-c3cccnc3)o2)cc(-c2cccs2)nc1OCc1ccc(C(=O)O)cc1. The van der Waals surface area contributed by atoms with Crippen LogP contribution in [-0.2, 0) is 6.61 Å². The first kappa shape index (κ1) is 22.1. The van der Waals surface area contributed by atoms with Gasteiger partial charge in [0.2, 0.25) is 5.88 Å². The number of aromatic nitrogens is 2. The molecule has 1 aromatic carbocycles. The van der Waals surface area contributed by atoms with Crippen LogP contribution >= 0.6 is 11.3 Å². The molecule has 0 saturated heterocycles. The summed E-state index contributed by atoms with van der Waals surface area (Å²) in [5.74, 6) is 0.321. The summed E-state index contributed by atoms with van der Waals surface area (Å²) in [5.41, 5.74) is 3.24. The molecule has 0 radical (unpaired) electrons. The van der Waals surface area contributed by atoms with E-state index in [1.165, 1.54) is 23.5 Å². The van der Waals surface area contributed by atoms with Crippen molar-refractivity contribution in [1.29, 1.82) is 5.26 Å². The molecule has 0 amide bonds. The molecule has 170 valence electrons. The number of carboxylic acids is 1. The van der Waals surface area contributed by atoms with Crippen LogP contribution in [0.3, 0.4) is 0 Å². The number of benzene rings is 1. The topological polar surface area (TPSA) is 109 Å². The van der Waals surface area contributed by atoms with Crippen molar-refractivity contribution in [3.8, 4) is 45.2 Å². The number of nitriles is 1. The van der Waals surface area contributed by atoms with E-state index in [2.05, 4.69) is 16.0 Å². The van der Waals surface area contributed by atoms with Gasteiger partial charge in [-0.25, -0.2) is 9.78 Å². The van der Waals surface area contributed by atoms with Crippen molar-refractivity contribution in [3.63, 3.8) is 0 Å². The molecule has 0 saturated carbocycles. The molecule has 5 rings (SSSR count). The molecule has 0 aliphatic heterocycles. The van der Waals surface area contributed by atoms with Crippen molar-refractivity contribution in [1.82, 2.24) is 9.97 Å². The third-order valence-electron chi connectivity index (χ3n) is 5.27. The summed E-state index contributed by atoms with van der Waals surface area (Å²) in [6.07, 6.45) is 3.40. The highest BCUT2D eigenvalue weighted by molar-refractivity contribution is 7.13. The van der Waals surface area contributed by atoms with Crippen LogP contribution in [-0.4, -0.2) is 21.0 Å². The van der Waals surface area contributed by atoms with Crippen LogP contribution < -0.4 is 4.74 Å². The number of hydrogen-bond acceptors (Lipinski definition) is 7. The lowest BCUT2D eigenvalue weighted by atomic mass is 10.1. The first-order valence-electron chi connectivity index (χ1n) is 10.6. The zero-order chi connectivity index (χ0) is 24.2. The smallest absolute Gasteiger partial charge is 0.335 e. The summed E-state index contributed by atoms with van der Waals surface area (Å²) < 4.78 is 12.1. The van der Waals surface area contributed by atoms with E-state index in [1.54, 1.807) is 24.5 Å². The van der Waals surface area contributed by atoms with Gasteiger partial charge in [-0.05, 0) is 59.5 Å². The van der Waals surface area contributed by atoms with Gasteiger partial charge in [0.25, 0.3) is 0 Å². The predicted molar refractivity (Wildman–Crippen MR) is 131 cm³/mol. The molecule has 4 heterocycles. The zero-order valence-corrected chi connectivity index (χ0v) is 19.0. The van der Waals surface area contributed by atoms with Gasteiger partial charge in [-0.3, -0.25) is 4.98 Å². The molecular weight excluding hydrogens is 462 g/mol. The highest BCUT2D eigenvalue weighted by atomic mass is 32.1. The second-order valence-corrected chi connectivity index (χ2v) is 8.47. The molecule has 0 spiro atoms. The second-order valence-electron chi connectivity index (χ2n) is 7.52. The number of aromatic carboxylic acids is 1. The maximum Gasteiger partial charge on any atom is 0.335 e. The molecular formula is C27H17N3O4S. The van der Waals surface area contributed by atoms with Crippen molar-refractivity contribution in [2.24, 2.45) is 0 Å². The Morgan fingerprint density at radius 3 is 2.60 bits per heavy atom.